The van der Waals surface area contributed by atoms with E-state index in [2.05, 4.69) is 5.10 Å². The summed E-state index contributed by atoms with van der Waals surface area (Å²) in [5.74, 6) is -0.211. The van der Waals surface area contributed by atoms with Gasteiger partial charge < -0.3 is 15.3 Å². The highest BCUT2D eigenvalue weighted by Gasteiger charge is 2.16. The molecule has 1 aromatic carbocycles. The van der Waals surface area contributed by atoms with Crippen molar-refractivity contribution in [1.82, 2.24) is 9.24 Å². The van der Waals surface area contributed by atoms with E-state index in [9.17, 15) is 14.7 Å². The summed E-state index contributed by atoms with van der Waals surface area (Å²) in [6.07, 6.45) is 2.23. The zero-order chi connectivity index (χ0) is 19.4. The highest BCUT2D eigenvalue weighted by atomic mass is 16.3. The van der Waals surface area contributed by atoms with E-state index < -0.39 is 17.5 Å². The highest BCUT2D eigenvalue weighted by Crippen LogP contribution is 2.21. The molecule has 0 spiro atoms. The SMILES string of the molecule is N#Cc1ccc(-c2ccc(C=Nn3cc(O)n(C(=O)CCN)c3=O)o2)cc1. The van der Waals surface area contributed by atoms with Crippen LogP contribution in [0.5, 0.6) is 5.88 Å². The molecule has 3 aromatic rings. The van der Waals surface area contributed by atoms with Crippen LogP contribution in [-0.4, -0.2) is 33.0 Å². The third-order valence-electron chi connectivity index (χ3n) is 3.70. The topological polar surface area (TPSA) is 140 Å². The maximum absolute atomic E-state index is 12.1. The van der Waals surface area contributed by atoms with Crippen molar-refractivity contribution < 1.29 is 14.3 Å². The molecule has 0 saturated heterocycles. The molecule has 0 radical (unpaired) electrons. The number of aromatic hydroxyl groups is 1. The van der Waals surface area contributed by atoms with E-state index in [1.165, 1.54) is 6.21 Å². The van der Waals surface area contributed by atoms with Gasteiger partial charge in [0.05, 0.1) is 24.0 Å². The lowest BCUT2D eigenvalue weighted by Crippen LogP contribution is -2.28. The fourth-order valence-corrected chi connectivity index (χ4v) is 2.38. The molecule has 9 nitrogen and oxygen atoms in total. The van der Waals surface area contributed by atoms with Gasteiger partial charge in [-0.15, -0.1) is 0 Å². The van der Waals surface area contributed by atoms with Crippen LogP contribution in [0, 0.1) is 11.3 Å². The van der Waals surface area contributed by atoms with E-state index in [0.717, 1.165) is 16.4 Å². The minimum atomic E-state index is -0.805. The lowest BCUT2D eigenvalue weighted by molar-refractivity contribution is 0.0892. The highest BCUT2D eigenvalue weighted by molar-refractivity contribution is 5.80. The molecule has 3 rings (SSSR count). The van der Waals surface area contributed by atoms with Crippen molar-refractivity contribution >= 4 is 12.1 Å². The maximum Gasteiger partial charge on any atom is 0.358 e. The van der Waals surface area contributed by atoms with Crippen molar-refractivity contribution in [2.75, 3.05) is 6.54 Å². The molecule has 0 aliphatic heterocycles. The Morgan fingerprint density at radius 3 is 2.70 bits per heavy atom. The van der Waals surface area contributed by atoms with Gasteiger partial charge in [-0.3, -0.25) is 4.79 Å². The first-order valence-electron chi connectivity index (χ1n) is 7.95. The maximum atomic E-state index is 12.1. The van der Waals surface area contributed by atoms with E-state index in [1.54, 1.807) is 36.4 Å². The van der Waals surface area contributed by atoms with Gasteiger partial charge in [0.25, 0.3) is 0 Å². The first-order chi connectivity index (χ1) is 13.0. The van der Waals surface area contributed by atoms with Gasteiger partial charge in [-0.25, -0.2) is 4.79 Å². The zero-order valence-corrected chi connectivity index (χ0v) is 14.1. The quantitative estimate of drug-likeness (QED) is 0.654. The average molecular weight is 365 g/mol. The summed E-state index contributed by atoms with van der Waals surface area (Å²) >= 11 is 0. The van der Waals surface area contributed by atoms with Crippen LogP contribution in [0.2, 0.25) is 0 Å². The molecule has 27 heavy (non-hydrogen) atoms. The van der Waals surface area contributed by atoms with Crippen molar-refractivity contribution in [3.05, 3.63) is 64.4 Å². The van der Waals surface area contributed by atoms with Gasteiger partial charge in [0.2, 0.25) is 11.8 Å². The number of carbonyl (C=O) groups is 1. The average Bonchev–Trinajstić information content (AvgIpc) is 3.24. The second-order valence-electron chi connectivity index (χ2n) is 5.52. The molecule has 0 aliphatic carbocycles. The van der Waals surface area contributed by atoms with Crippen LogP contribution in [-0.2, 0) is 0 Å². The third kappa shape index (κ3) is 3.70. The molecule has 0 fully saturated rings. The largest absolute Gasteiger partial charge is 0.493 e. The monoisotopic (exact) mass is 365 g/mol. The number of hydrogen-bond acceptors (Lipinski definition) is 7. The number of nitrogens with two attached hydrogens (primary N) is 1. The summed E-state index contributed by atoms with van der Waals surface area (Å²) in [6, 6.07) is 12.3. The Morgan fingerprint density at radius 1 is 1.30 bits per heavy atom. The summed E-state index contributed by atoms with van der Waals surface area (Å²) in [4.78, 5) is 23.9. The smallest absolute Gasteiger partial charge is 0.358 e. The van der Waals surface area contributed by atoms with Crippen LogP contribution in [0.15, 0.2) is 56.9 Å². The second-order valence-corrected chi connectivity index (χ2v) is 5.52. The van der Waals surface area contributed by atoms with Gasteiger partial charge in [0.1, 0.15) is 11.5 Å². The molecule has 9 heteroatoms. The second kappa shape index (κ2) is 7.55. The Kier molecular flexibility index (Phi) is 5.01. The predicted molar refractivity (Wildman–Crippen MR) is 96.5 cm³/mol. The minimum absolute atomic E-state index is 0.0592. The van der Waals surface area contributed by atoms with E-state index in [4.69, 9.17) is 15.4 Å². The minimum Gasteiger partial charge on any atom is -0.493 e. The van der Waals surface area contributed by atoms with Crippen LogP contribution in [0.4, 0.5) is 0 Å². The van der Waals surface area contributed by atoms with Crippen LogP contribution >= 0.6 is 0 Å². The number of nitriles is 1. The van der Waals surface area contributed by atoms with Crippen molar-refractivity contribution in [1.29, 1.82) is 5.26 Å². The number of benzene rings is 1. The Labute approximate surface area is 153 Å². The molecule has 0 aliphatic rings. The van der Waals surface area contributed by atoms with E-state index in [-0.39, 0.29) is 13.0 Å². The molecule has 0 saturated carbocycles. The first kappa shape index (κ1) is 17.9. The van der Waals surface area contributed by atoms with Crippen molar-refractivity contribution in [2.24, 2.45) is 10.8 Å². The zero-order valence-electron chi connectivity index (χ0n) is 14.1. The summed E-state index contributed by atoms with van der Waals surface area (Å²) in [5, 5.41) is 22.5. The first-order valence-corrected chi connectivity index (χ1v) is 7.95. The number of nitrogens with zero attached hydrogens (tertiary/aromatic N) is 4. The van der Waals surface area contributed by atoms with E-state index in [1.807, 2.05) is 6.07 Å². The molecule has 0 amide bonds. The van der Waals surface area contributed by atoms with Crippen molar-refractivity contribution in [3.63, 3.8) is 0 Å². The van der Waals surface area contributed by atoms with E-state index in [0.29, 0.717) is 21.7 Å². The van der Waals surface area contributed by atoms with Gasteiger partial charge in [-0.2, -0.15) is 19.6 Å². The summed E-state index contributed by atoms with van der Waals surface area (Å²) in [7, 11) is 0. The molecule has 0 atom stereocenters. The normalized spacial score (nSPS) is 11.0. The molecule has 136 valence electrons. The molecular weight excluding hydrogens is 350 g/mol. The molecule has 2 heterocycles. The molecule has 3 N–H and O–H groups in total. The van der Waals surface area contributed by atoms with Crippen LogP contribution in [0.25, 0.3) is 11.3 Å². The standard InChI is InChI=1S/C18H15N5O4/c19-8-7-16(24)23-17(25)11-22(18(23)26)21-10-14-5-6-15(27-14)13-3-1-12(9-20)2-4-13/h1-6,10-11,25H,7-8,19H2. The Bertz CT molecular complexity index is 1100. The Balaban J connectivity index is 1.82. The van der Waals surface area contributed by atoms with E-state index >= 15 is 0 Å². The van der Waals surface area contributed by atoms with Crippen LogP contribution in [0.1, 0.15) is 22.5 Å². The molecule has 0 bridgehead atoms. The van der Waals surface area contributed by atoms with Gasteiger partial charge in [-0.1, -0.05) is 0 Å². The molecular formula is C18H15N5O4. The fraction of sp³-hybridized carbons (Fsp3) is 0.111. The summed E-state index contributed by atoms with van der Waals surface area (Å²) in [6.45, 7) is 0.0592. The van der Waals surface area contributed by atoms with Crippen molar-refractivity contribution in [3.8, 4) is 23.3 Å². The summed E-state index contributed by atoms with van der Waals surface area (Å²) in [5.41, 5.74) is 5.81. The molecule has 0 unspecified atom stereocenters. The number of hydrogen-bond donors (Lipinski definition) is 2. The molecule has 2 aromatic heterocycles. The fourth-order valence-electron chi connectivity index (χ4n) is 2.38. The summed E-state index contributed by atoms with van der Waals surface area (Å²) < 4.78 is 7.06. The number of rotatable bonds is 5. The third-order valence-corrected chi connectivity index (χ3v) is 3.70. The lowest BCUT2D eigenvalue weighted by Gasteiger charge is -1.98. The van der Waals surface area contributed by atoms with Gasteiger partial charge in [-0.05, 0) is 36.4 Å². The van der Waals surface area contributed by atoms with Gasteiger partial charge in [0.15, 0.2) is 0 Å². The number of carbonyl (C=O) groups excluding carboxylic acids is 1. The number of aromatic nitrogens is 2. The number of imidazole rings is 1. The Morgan fingerprint density at radius 2 is 2.04 bits per heavy atom. The van der Waals surface area contributed by atoms with Crippen LogP contribution in [0.3, 0.4) is 0 Å². The number of furan rings is 1. The van der Waals surface area contributed by atoms with Gasteiger partial charge >= 0.3 is 5.69 Å². The lowest BCUT2D eigenvalue weighted by atomic mass is 10.1. The van der Waals surface area contributed by atoms with Gasteiger partial charge in [0, 0.05) is 18.5 Å². The van der Waals surface area contributed by atoms with Crippen LogP contribution < -0.4 is 11.4 Å². The predicted octanol–water partition coefficient (Wildman–Crippen LogP) is 1.36. The van der Waals surface area contributed by atoms with Crippen molar-refractivity contribution in [2.45, 2.75) is 6.42 Å². The Hall–Kier alpha value is -3.90.